The first-order valence-corrected chi connectivity index (χ1v) is 46.7. The molecule has 0 amide bonds. The third-order valence-electron chi connectivity index (χ3n) is 29.4. The molecule has 19 aromatic carbocycles. The summed E-state index contributed by atoms with van der Waals surface area (Å²) in [5.41, 5.74) is 38.4. The molecule has 620 valence electrons. The molecule has 1 atom stereocenters. The highest BCUT2D eigenvalue weighted by Crippen LogP contribution is 2.56. The standard InChI is InChI=1S/C123H81B9N4/c1-122(2,3)81-50-44-69(45-51-81)77-59-88(71-28-12-7-13-29-71)105(89(60-77)72-30-14-8-15-31-72)106-95-68-84(134-120-107(109(124)111(126)113(128)115(120)130)108-110(125)112(127)114(129)116(131)121(108)134)54-56-97(95)132-98-55-48-76(79-63-93-86-39-23-26-42-100(86)135-101-43-27-24-40-87(101)94(64-79)119(93)135)66-103(98)136(104-67-80(65-96(106)117(104)132)75-49-57-102-92(58-75)85-38-22-25-41-99(85)133(102)83-36-20-11-21-37-83)118-90(73-32-16-9-17-33-73)61-78(62-91(118)74-34-18-10-19-35-74)70-46-52-82(53-47-70)123(4,5)6/h7-68,106H,1-6H3. The van der Waals surface area contributed by atoms with E-state index in [0.717, 1.165) is 167 Å². The highest BCUT2D eigenvalue weighted by molar-refractivity contribution is 6.99. The van der Waals surface area contributed by atoms with Crippen LogP contribution in [0.1, 0.15) is 75.3 Å². The van der Waals surface area contributed by atoms with Crippen LogP contribution in [-0.4, -0.2) is 83.0 Å². The summed E-state index contributed by atoms with van der Waals surface area (Å²) < 4.78 is 6.92. The molecule has 0 saturated carbocycles. The molecule has 0 saturated heterocycles. The van der Waals surface area contributed by atoms with Crippen LogP contribution in [0.3, 0.4) is 0 Å². The molecule has 4 aromatic heterocycles. The van der Waals surface area contributed by atoms with E-state index in [-0.39, 0.29) is 54.5 Å². The van der Waals surface area contributed by atoms with Crippen molar-refractivity contribution in [1.82, 2.24) is 13.5 Å². The minimum atomic E-state index is -0.640. The quantitative estimate of drug-likeness (QED) is 0.111. The van der Waals surface area contributed by atoms with Crippen molar-refractivity contribution >= 4 is 228 Å². The first-order valence-electron chi connectivity index (χ1n) is 46.7. The minimum absolute atomic E-state index is 0.0799. The first kappa shape index (κ1) is 82.8. The molecule has 6 heterocycles. The molecule has 0 spiro atoms. The number of anilines is 3. The summed E-state index contributed by atoms with van der Waals surface area (Å²) in [6.07, 6.45) is 0. The van der Waals surface area contributed by atoms with Gasteiger partial charge in [-0.15, -0.1) is 21.9 Å². The van der Waals surface area contributed by atoms with Gasteiger partial charge in [-0.05, 0) is 241 Å². The van der Waals surface area contributed by atoms with Gasteiger partial charge in [0.15, 0.2) is 0 Å². The van der Waals surface area contributed by atoms with Gasteiger partial charge in [0.2, 0.25) is 6.71 Å². The fourth-order valence-electron chi connectivity index (χ4n) is 22.7. The average molecular weight is 1710 g/mol. The Kier molecular flexibility index (Phi) is 19.1. The van der Waals surface area contributed by atoms with Crippen LogP contribution < -0.4 is 65.0 Å². The van der Waals surface area contributed by atoms with E-state index in [1.165, 1.54) is 49.2 Å². The zero-order valence-electron chi connectivity index (χ0n) is 76.4. The van der Waals surface area contributed by atoms with E-state index in [0.29, 0.717) is 27.5 Å². The Morgan fingerprint density at radius 3 is 1.13 bits per heavy atom. The maximum Gasteiger partial charge on any atom is 0.247 e. The normalized spacial score (nSPS) is 13.2. The number of fused-ring (bicyclic) bond motifs is 16. The van der Waals surface area contributed by atoms with Gasteiger partial charge in [-0.2, -0.15) is 0 Å². The molecule has 4 nitrogen and oxygen atoms in total. The van der Waals surface area contributed by atoms with Crippen LogP contribution in [0.15, 0.2) is 376 Å². The lowest BCUT2D eigenvalue weighted by atomic mass is 9.31. The molecule has 136 heavy (non-hydrogen) atoms. The van der Waals surface area contributed by atoms with Gasteiger partial charge in [0, 0.05) is 83.1 Å². The number of para-hydroxylation sites is 4. The average Bonchev–Trinajstić information content (AvgIpc) is 1.36. The first-order chi connectivity index (χ1) is 66.1. The van der Waals surface area contributed by atoms with Crippen molar-refractivity contribution in [1.29, 1.82) is 0 Å². The van der Waals surface area contributed by atoms with Crippen molar-refractivity contribution in [3.63, 3.8) is 0 Å². The SMILES string of the molecule is [B]c1c([B])c([B])c2c(c1[B])c1c([B])c([B])c([B])c([B])c1n2-c1ccc2c(c1)C(c1c(-c3ccccc3)cc(-c3ccc(C(C)(C)C)cc3)cc1-c1ccccc1)c1cc(-c3ccc4c(c3)c3ccccc3n4-c3ccccc3)cc3c1B2c1ccc(-c2cc4c5ccccc5n5c6ccccc6c(c2)c45)cc1N3c1c(-c2ccccc2)cc(-c2ccc(C(C)(C)C)cc2)cc1-c1ccccc1. The van der Waals surface area contributed by atoms with Gasteiger partial charge in [-0.25, -0.2) is 0 Å². The van der Waals surface area contributed by atoms with Crippen LogP contribution in [0, 0.1) is 0 Å². The highest BCUT2D eigenvalue weighted by Gasteiger charge is 2.47. The van der Waals surface area contributed by atoms with E-state index in [1.54, 1.807) is 0 Å². The van der Waals surface area contributed by atoms with E-state index >= 15 is 0 Å². The molecular weight excluding hydrogens is 1630 g/mol. The predicted octanol–water partition coefficient (Wildman–Crippen LogP) is 21.1. The molecule has 25 rings (SSSR count). The summed E-state index contributed by atoms with van der Waals surface area (Å²) in [6, 6.07) is 141. The summed E-state index contributed by atoms with van der Waals surface area (Å²) >= 11 is 0. The summed E-state index contributed by atoms with van der Waals surface area (Å²) in [4.78, 5) is 2.70. The number of hydrogen-bond donors (Lipinski definition) is 0. The number of rotatable bonds is 12. The maximum absolute atomic E-state index is 7.56. The van der Waals surface area contributed by atoms with Crippen LogP contribution in [0.25, 0.3) is 182 Å². The van der Waals surface area contributed by atoms with Crippen LogP contribution in [0.5, 0.6) is 0 Å². The Morgan fingerprint density at radius 1 is 0.250 bits per heavy atom. The Labute approximate surface area is 803 Å². The van der Waals surface area contributed by atoms with Gasteiger partial charge in [0.1, 0.15) is 62.8 Å². The van der Waals surface area contributed by atoms with Gasteiger partial charge in [0.05, 0.1) is 33.3 Å². The van der Waals surface area contributed by atoms with Crippen LogP contribution >= 0.6 is 0 Å². The number of nitrogens with zero attached hydrogens (tertiary/aromatic N) is 4. The largest absolute Gasteiger partial charge is 0.311 e. The molecule has 23 aromatic rings. The van der Waals surface area contributed by atoms with Crippen molar-refractivity contribution in [2.75, 3.05) is 4.90 Å². The highest BCUT2D eigenvalue weighted by atomic mass is 15.2. The van der Waals surface area contributed by atoms with Crippen LogP contribution in [-0.2, 0) is 10.8 Å². The minimum Gasteiger partial charge on any atom is -0.311 e. The van der Waals surface area contributed by atoms with Crippen LogP contribution in [0.4, 0.5) is 17.1 Å². The monoisotopic (exact) mass is 1710 g/mol. The molecule has 0 fully saturated rings. The van der Waals surface area contributed by atoms with Crippen LogP contribution in [0.2, 0.25) is 0 Å². The van der Waals surface area contributed by atoms with Crippen molar-refractivity contribution in [3.8, 4) is 100 Å². The van der Waals surface area contributed by atoms with E-state index in [1.807, 2.05) is 4.57 Å². The molecular formula is C123H81B9N4. The fraction of sp³-hybridized carbons (Fsp3) is 0.0732. The zero-order chi connectivity index (χ0) is 92.3. The lowest BCUT2D eigenvalue weighted by molar-refractivity contribution is 0.590. The summed E-state index contributed by atoms with van der Waals surface area (Å²) in [5, 5.41) is 7.93. The molecule has 0 aliphatic carbocycles. The second-order valence-electron chi connectivity index (χ2n) is 39.1. The fourth-order valence-corrected chi connectivity index (χ4v) is 22.7. The predicted molar refractivity (Wildman–Crippen MR) is 587 cm³/mol. The van der Waals surface area contributed by atoms with Gasteiger partial charge in [0.25, 0.3) is 0 Å². The van der Waals surface area contributed by atoms with E-state index in [9.17, 15) is 0 Å². The Balaban J connectivity index is 0.877. The van der Waals surface area contributed by atoms with E-state index in [4.69, 9.17) is 62.8 Å². The smallest absolute Gasteiger partial charge is 0.247 e. The van der Waals surface area contributed by atoms with Gasteiger partial charge in [-0.3, -0.25) is 0 Å². The Morgan fingerprint density at radius 2 is 0.632 bits per heavy atom. The molecule has 0 N–H and O–H groups in total. The lowest BCUT2D eigenvalue weighted by Crippen LogP contribution is -2.62. The van der Waals surface area contributed by atoms with Gasteiger partial charge in [-0.1, -0.05) is 342 Å². The molecule has 2 aliphatic heterocycles. The molecule has 0 bridgehead atoms. The molecule has 1 unspecified atom stereocenters. The molecule has 16 radical (unpaired) electrons. The van der Waals surface area contributed by atoms with Crippen molar-refractivity contribution < 1.29 is 0 Å². The second kappa shape index (κ2) is 31.3. The Hall–Kier alpha value is -15.0. The van der Waals surface area contributed by atoms with Crippen molar-refractivity contribution in [2.45, 2.75) is 58.3 Å². The number of aromatic nitrogens is 3. The van der Waals surface area contributed by atoms with Gasteiger partial charge < -0.3 is 18.4 Å². The number of hydrogen-bond acceptors (Lipinski definition) is 1. The third-order valence-corrected chi connectivity index (χ3v) is 29.4. The molecule has 13 heteroatoms. The second-order valence-corrected chi connectivity index (χ2v) is 39.1. The summed E-state index contributed by atoms with van der Waals surface area (Å²) in [7, 11) is 58.1. The third kappa shape index (κ3) is 12.7. The summed E-state index contributed by atoms with van der Waals surface area (Å²) in [6.45, 7) is 13.2. The van der Waals surface area contributed by atoms with E-state index < -0.39 is 12.6 Å². The Bertz CT molecular complexity index is 8660. The molecule has 2 aliphatic rings. The summed E-state index contributed by atoms with van der Waals surface area (Å²) in [5.74, 6) is -0.640. The lowest BCUT2D eigenvalue weighted by Gasteiger charge is -2.45. The number of benzene rings is 19. The van der Waals surface area contributed by atoms with Crippen molar-refractivity contribution in [2.24, 2.45) is 0 Å². The van der Waals surface area contributed by atoms with E-state index in [2.05, 4.69) is 432 Å². The van der Waals surface area contributed by atoms with Crippen molar-refractivity contribution in [3.05, 3.63) is 404 Å². The van der Waals surface area contributed by atoms with Gasteiger partial charge >= 0.3 is 0 Å². The maximum atomic E-state index is 7.56. The topological polar surface area (TPSA) is 17.5 Å². The zero-order valence-corrected chi connectivity index (χ0v) is 76.4.